The Balaban J connectivity index is 1.57. The first-order chi connectivity index (χ1) is 15.6. The Bertz CT molecular complexity index is 989. The van der Waals surface area contributed by atoms with Crippen molar-refractivity contribution in [3.63, 3.8) is 0 Å². The van der Waals surface area contributed by atoms with Crippen LogP contribution in [0.1, 0.15) is 37.3 Å². The molecule has 0 bridgehead atoms. The van der Waals surface area contributed by atoms with Crippen LogP contribution in [0.15, 0.2) is 54.2 Å². The fourth-order valence-corrected chi connectivity index (χ4v) is 4.23. The topological polar surface area (TPSA) is 59.1 Å². The Kier molecular flexibility index (Phi) is 6.78. The number of carbonyl (C=O) groups excluding carboxylic acids is 2. The molecule has 0 aliphatic carbocycles. The third-order valence-electron chi connectivity index (χ3n) is 5.96. The highest BCUT2D eigenvalue weighted by Crippen LogP contribution is 2.34. The average Bonchev–Trinajstić information content (AvgIpc) is 3.43. The second kappa shape index (κ2) is 9.90. The maximum atomic E-state index is 13.4. The normalized spacial score (nSPS) is 16.3. The van der Waals surface area contributed by atoms with E-state index < -0.39 is 0 Å². The number of likely N-dealkylation sites (tertiary alicyclic amines) is 1. The van der Waals surface area contributed by atoms with Gasteiger partial charge in [0.25, 0.3) is 11.8 Å². The summed E-state index contributed by atoms with van der Waals surface area (Å²) in [5.74, 6) is 1.15. The van der Waals surface area contributed by atoms with Crippen molar-refractivity contribution in [2.45, 2.75) is 32.6 Å². The van der Waals surface area contributed by atoms with E-state index in [0.29, 0.717) is 30.8 Å². The zero-order valence-corrected chi connectivity index (χ0v) is 18.8. The molecule has 4 rings (SSSR count). The predicted octanol–water partition coefficient (Wildman–Crippen LogP) is 3.90. The lowest BCUT2D eigenvalue weighted by molar-refractivity contribution is -0.137. The molecular formula is C26H30N2O4. The van der Waals surface area contributed by atoms with E-state index >= 15 is 0 Å². The van der Waals surface area contributed by atoms with Crippen LogP contribution in [0.3, 0.4) is 0 Å². The Morgan fingerprint density at radius 2 is 1.53 bits per heavy atom. The third kappa shape index (κ3) is 4.49. The molecule has 2 aliphatic heterocycles. The fraction of sp³-hybridized carbons (Fsp3) is 0.385. The van der Waals surface area contributed by atoms with Gasteiger partial charge in [-0.05, 0) is 61.1 Å². The smallest absolute Gasteiger partial charge is 0.277 e. The van der Waals surface area contributed by atoms with E-state index in [0.717, 1.165) is 55.0 Å². The molecule has 2 amide bonds. The van der Waals surface area contributed by atoms with Crippen LogP contribution in [-0.4, -0.2) is 55.0 Å². The standard InChI is InChI=1S/C26H30N2O4/c1-3-18-32-22-12-8-20(9-13-22)23-24(27-15-4-5-16-27)26(30)28(25(23)29)17-14-19-6-10-21(31-2)11-7-19/h6-13H,3-5,14-18H2,1-2H3. The van der Waals surface area contributed by atoms with Gasteiger partial charge in [-0.1, -0.05) is 31.2 Å². The minimum absolute atomic E-state index is 0.188. The molecule has 2 aromatic rings. The van der Waals surface area contributed by atoms with E-state index in [2.05, 4.69) is 11.8 Å². The average molecular weight is 435 g/mol. The van der Waals surface area contributed by atoms with Crippen molar-refractivity contribution >= 4 is 17.4 Å². The number of hydrogen-bond acceptors (Lipinski definition) is 5. The van der Waals surface area contributed by atoms with E-state index in [9.17, 15) is 9.59 Å². The Morgan fingerprint density at radius 1 is 0.875 bits per heavy atom. The molecular weight excluding hydrogens is 404 g/mol. The quantitative estimate of drug-likeness (QED) is 0.560. The van der Waals surface area contributed by atoms with Crippen LogP contribution in [0.2, 0.25) is 0 Å². The van der Waals surface area contributed by atoms with Crippen molar-refractivity contribution in [1.82, 2.24) is 9.80 Å². The lowest BCUT2D eigenvalue weighted by Crippen LogP contribution is -2.36. The third-order valence-corrected chi connectivity index (χ3v) is 5.96. The highest BCUT2D eigenvalue weighted by Gasteiger charge is 2.41. The van der Waals surface area contributed by atoms with Crippen LogP contribution in [0.5, 0.6) is 11.5 Å². The maximum Gasteiger partial charge on any atom is 0.277 e. The van der Waals surface area contributed by atoms with Crippen molar-refractivity contribution in [1.29, 1.82) is 0 Å². The number of rotatable bonds is 9. The first-order valence-electron chi connectivity index (χ1n) is 11.3. The van der Waals surface area contributed by atoms with Crippen LogP contribution in [-0.2, 0) is 16.0 Å². The molecule has 0 aromatic heterocycles. The van der Waals surface area contributed by atoms with Crippen LogP contribution >= 0.6 is 0 Å². The first kappa shape index (κ1) is 21.9. The van der Waals surface area contributed by atoms with Crippen molar-refractivity contribution in [3.05, 3.63) is 65.4 Å². The van der Waals surface area contributed by atoms with Gasteiger partial charge in [0, 0.05) is 19.6 Å². The van der Waals surface area contributed by atoms with E-state index in [1.54, 1.807) is 7.11 Å². The minimum Gasteiger partial charge on any atom is -0.497 e. The van der Waals surface area contributed by atoms with Gasteiger partial charge < -0.3 is 14.4 Å². The summed E-state index contributed by atoms with van der Waals surface area (Å²) in [4.78, 5) is 30.3. The lowest BCUT2D eigenvalue weighted by Gasteiger charge is -2.20. The van der Waals surface area contributed by atoms with Crippen molar-refractivity contribution < 1.29 is 19.1 Å². The summed E-state index contributed by atoms with van der Waals surface area (Å²) in [6.07, 6.45) is 3.61. The maximum absolute atomic E-state index is 13.4. The molecule has 0 spiro atoms. The van der Waals surface area contributed by atoms with Crippen molar-refractivity contribution in [2.24, 2.45) is 0 Å². The molecule has 1 saturated heterocycles. The van der Waals surface area contributed by atoms with Gasteiger partial charge in [0.15, 0.2) is 0 Å². The Morgan fingerprint density at radius 3 is 2.16 bits per heavy atom. The van der Waals surface area contributed by atoms with E-state index in [-0.39, 0.29) is 11.8 Å². The molecule has 168 valence electrons. The highest BCUT2D eigenvalue weighted by atomic mass is 16.5. The summed E-state index contributed by atoms with van der Waals surface area (Å²) >= 11 is 0. The molecule has 6 heteroatoms. The van der Waals surface area contributed by atoms with E-state index in [1.165, 1.54) is 4.90 Å². The predicted molar refractivity (Wildman–Crippen MR) is 123 cm³/mol. The molecule has 0 saturated carbocycles. The number of amides is 2. The molecule has 32 heavy (non-hydrogen) atoms. The monoisotopic (exact) mass is 434 g/mol. The number of carbonyl (C=O) groups is 2. The first-order valence-corrected chi connectivity index (χ1v) is 11.3. The largest absolute Gasteiger partial charge is 0.497 e. The molecule has 6 nitrogen and oxygen atoms in total. The second-order valence-electron chi connectivity index (χ2n) is 8.15. The fourth-order valence-electron chi connectivity index (χ4n) is 4.23. The van der Waals surface area contributed by atoms with Gasteiger partial charge in [0.2, 0.25) is 0 Å². The molecule has 0 radical (unpaired) electrons. The second-order valence-corrected chi connectivity index (χ2v) is 8.15. The van der Waals surface area contributed by atoms with Gasteiger partial charge in [-0.2, -0.15) is 0 Å². The van der Waals surface area contributed by atoms with Crippen molar-refractivity contribution in [2.75, 3.05) is 33.4 Å². The number of hydrogen-bond donors (Lipinski definition) is 0. The van der Waals surface area contributed by atoms with Gasteiger partial charge in [-0.25, -0.2) is 0 Å². The molecule has 0 unspecified atom stereocenters. The molecule has 0 atom stereocenters. The van der Waals surface area contributed by atoms with Gasteiger partial charge >= 0.3 is 0 Å². The van der Waals surface area contributed by atoms with Crippen LogP contribution in [0, 0.1) is 0 Å². The minimum atomic E-state index is -0.215. The van der Waals surface area contributed by atoms with Crippen LogP contribution < -0.4 is 9.47 Å². The summed E-state index contributed by atoms with van der Waals surface area (Å²) in [5, 5.41) is 0. The zero-order chi connectivity index (χ0) is 22.5. The number of methoxy groups -OCH3 is 1. The van der Waals surface area contributed by atoms with E-state index in [4.69, 9.17) is 9.47 Å². The van der Waals surface area contributed by atoms with Crippen molar-refractivity contribution in [3.8, 4) is 11.5 Å². The summed E-state index contributed by atoms with van der Waals surface area (Å²) < 4.78 is 10.9. The Labute approximate surface area is 189 Å². The van der Waals surface area contributed by atoms with Gasteiger partial charge in [0.05, 0.1) is 19.3 Å². The Hall–Kier alpha value is -3.28. The SMILES string of the molecule is CCCOc1ccc(C2=C(N3CCCC3)C(=O)N(CCc3ccc(OC)cc3)C2=O)cc1. The molecule has 1 fully saturated rings. The van der Waals surface area contributed by atoms with Gasteiger partial charge in [-0.15, -0.1) is 0 Å². The summed E-state index contributed by atoms with van der Waals surface area (Å²) in [7, 11) is 1.63. The van der Waals surface area contributed by atoms with Gasteiger partial charge in [0.1, 0.15) is 17.2 Å². The molecule has 0 N–H and O–H groups in total. The highest BCUT2D eigenvalue weighted by molar-refractivity contribution is 6.35. The number of nitrogens with zero attached hydrogens (tertiary/aromatic N) is 2. The van der Waals surface area contributed by atoms with Crippen LogP contribution in [0.25, 0.3) is 5.57 Å². The summed E-state index contributed by atoms with van der Waals surface area (Å²) in [6.45, 7) is 4.68. The number of benzene rings is 2. The van der Waals surface area contributed by atoms with E-state index in [1.807, 2.05) is 48.5 Å². The van der Waals surface area contributed by atoms with Gasteiger partial charge in [-0.3, -0.25) is 14.5 Å². The zero-order valence-electron chi connectivity index (χ0n) is 18.8. The number of ether oxygens (including phenoxy) is 2. The summed E-state index contributed by atoms with van der Waals surface area (Å²) in [5.41, 5.74) is 2.87. The molecule has 2 heterocycles. The molecule has 2 aliphatic rings. The summed E-state index contributed by atoms with van der Waals surface area (Å²) in [6, 6.07) is 15.2. The van der Waals surface area contributed by atoms with Crippen LogP contribution in [0.4, 0.5) is 0 Å². The molecule has 2 aromatic carbocycles. The lowest BCUT2D eigenvalue weighted by atomic mass is 10.0. The number of imide groups is 1.